The van der Waals surface area contributed by atoms with Crippen LogP contribution in [0.25, 0.3) is 0 Å². The molecule has 0 spiro atoms. The zero-order valence-corrected chi connectivity index (χ0v) is 12.9. The zero-order chi connectivity index (χ0) is 15.1. The first-order valence-electron chi connectivity index (χ1n) is 7.85. The second kappa shape index (κ2) is 8.10. The number of hydrogen-bond acceptors (Lipinski definition) is 4. The molecule has 1 aliphatic heterocycles. The Morgan fingerprint density at radius 3 is 2.62 bits per heavy atom. The Morgan fingerprint density at radius 1 is 1.38 bits per heavy atom. The normalized spacial score (nSPS) is 16.4. The van der Waals surface area contributed by atoms with Gasteiger partial charge in [0.1, 0.15) is 0 Å². The third-order valence-corrected chi connectivity index (χ3v) is 4.20. The lowest BCUT2D eigenvalue weighted by Crippen LogP contribution is -2.44. The van der Waals surface area contributed by atoms with Gasteiger partial charge in [-0.3, -0.25) is 14.7 Å². The van der Waals surface area contributed by atoms with E-state index in [0.29, 0.717) is 13.0 Å². The summed E-state index contributed by atoms with van der Waals surface area (Å²) in [5.41, 5.74) is 7.13. The lowest BCUT2D eigenvalue weighted by Gasteiger charge is -2.30. The highest BCUT2D eigenvalue weighted by Gasteiger charge is 2.24. The van der Waals surface area contributed by atoms with E-state index in [9.17, 15) is 4.79 Å². The summed E-state index contributed by atoms with van der Waals surface area (Å²) in [5.74, 6) is 0.246. The molecule has 1 saturated heterocycles. The van der Waals surface area contributed by atoms with Crippen molar-refractivity contribution >= 4 is 5.91 Å². The summed E-state index contributed by atoms with van der Waals surface area (Å²) < 4.78 is 0. The number of pyridine rings is 1. The van der Waals surface area contributed by atoms with Crippen LogP contribution in [0.5, 0.6) is 0 Å². The van der Waals surface area contributed by atoms with Gasteiger partial charge in [-0.15, -0.1) is 0 Å². The predicted octanol–water partition coefficient (Wildman–Crippen LogP) is 1.24. The fourth-order valence-electron chi connectivity index (χ4n) is 2.88. The average Bonchev–Trinajstić information content (AvgIpc) is 3.06. The molecule has 5 nitrogen and oxygen atoms in total. The summed E-state index contributed by atoms with van der Waals surface area (Å²) in [6, 6.07) is 4.13. The van der Waals surface area contributed by atoms with Crippen molar-refractivity contribution in [1.82, 2.24) is 14.8 Å². The van der Waals surface area contributed by atoms with Crippen molar-refractivity contribution in [2.24, 2.45) is 5.73 Å². The summed E-state index contributed by atoms with van der Waals surface area (Å²) in [4.78, 5) is 20.6. The number of rotatable bonds is 7. The van der Waals surface area contributed by atoms with Crippen molar-refractivity contribution in [2.75, 3.05) is 26.2 Å². The Morgan fingerprint density at radius 2 is 2.05 bits per heavy atom. The molecule has 0 aliphatic carbocycles. The van der Waals surface area contributed by atoms with E-state index in [4.69, 9.17) is 5.73 Å². The Balaban J connectivity index is 1.94. The van der Waals surface area contributed by atoms with Crippen molar-refractivity contribution in [1.29, 1.82) is 0 Å². The maximum absolute atomic E-state index is 12.3. The van der Waals surface area contributed by atoms with Gasteiger partial charge in [-0.05, 0) is 37.1 Å². The molecule has 21 heavy (non-hydrogen) atoms. The third kappa shape index (κ3) is 4.51. The van der Waals surface area contributed by atoms with Crippen LogP contribution in [0.15, 0.2) is 24.5 Å². The Labute approximate surface area is 127 Å². The molecular formula is C16H26N4O. The molecule has 0 aromatic carbocycles. The molecule has 1 amide bonds. The monoisotopic (exact) mass is 290 g/mol. The van der Waals surface area contributed by atoms with Crippen molar-refractivity contribution in [3.05, 3.63) is 30.1 Å². The van der Waals surface area contributed by atoms with Gasteiger partial charge in [0.15, 0.2) is 0 Å². The van der Waals surface area contributed by atoms with Crippen LogP contribution in [-0.2, 0) is 11.3 Å². The smallest absolute Gasteiger partial charge is 0.224 e. The van der Waals surface area contributed by atoms with E-state index in [-0.39, 0.29) is 11.9 Å². The molecule has 1 fully saturated rings. The van der Waals surface area contributed by atoms with Crippen LogP contribution in [0, 0.1) is 0 Å². The Hall–Kier alpha value is -1.46. The number of nitrogens with two attached hydrogens (primary N) is 1. The summed E-state index contributed by atoms with van der Waals surface area (Å²) in [6.07, 6.45) is 6.39. The topological polar surface area (TPSA) is 62.5 Å². The highest BCUT2D eigenvalue weighted by Crippen LogP contribution is 2.14. The Kier molecular flexibility index (Phi) is 6.14. The molecule has 1 aromatic rings. The lowest BCUT2D eigenvalue weighted by atomic mass is 10.1. The van der Waals surface area contributed by atoms with Crippen LogP contribution < -0.4 is 5.73 Å². The van der Waals surface area contributed by atoms with Crippen LogP contribution in [0.4, 0.5) is 0 Å². The first-order valence-corrected chi connectivity index (χ1v) is 7.85. The average molecular weight is 290 g/mol. The van der Waals surface area contributed by atoms with E-state index < -0.39 is 0 Å². The highest BCUT2D eigenvalue weighted by molar-refractivity contribution is 5.77. The number of carbonyl (C=O) groups is 1. The molecule has 5 heteroatoms. The second-order valence-corrected chi connectivity index (χ2v) is 5.60. The van der Waals surface area contributed by atoms with E-state index >= 15 is 0 Å². The molecule has 1 aliphatic rings. The Bertz CT molecular complexity index is 431. The minimum atomic E-state index is 0.108. The van der Waals surface area contributed by atoms with Crippen LogP contribution >= 0.6 is 0 Å². The number of aromatic nitrogens is 1. The van der Waals surface area contributed by atoms with E-state index in [0.717, 1.165) is 39.0 Å². The number of nitrogens with zero attached hydrogens (tertiary/aromatic N) is 3. The van der Waals surface area contributed by atoms with Gasteiger partial charge in [0, 0.05) is 51.0 Å². The van der Waals surface area contributed by atoms with Crippen LogP contribution in [0.1, 0.15) is 31.7 Å². The van der Waals surface area contributed by atoms with E-state index in [1.807, 2.05) is 17.0 Å². The summed E-state index contributed by atoms with van der Waals surface area (Å²) in [6.45, 7) is 6.15. The van der Waals surface area contributed by atoms with Gasteiger partial charge in [-0.2, -0.15) is 0 Å². The van der Waals surface area contributed by atoms with Gasteiger partial charge in [-0.1, -0.05) is 6.92 Å². The molecule has 1 unspecified atom stereocenters. The minimum Gasteiger partial charge on any atom is -0.343 e. The summed E-state index contributed by atoms with van der Waals surface area (Å²) in [5, 5.41) is 0. The molecule has 2 heterocycles. The van der Waals surface area contributed by atoms with Gasteiger partial charge < -0.3 is 10.6 Å². The third-order valence-electron chi connectivity index (χ3n) is 4.20. The molecule has 0 saturated carbocycles. The lowest BCUT2D eigenvalue weighted by molar-refractivity contribution is -0.131. The molecular weight excluding hydrogens is 264 g/mol. The van der Waals surface area contributed by atoms with Gasteiger partial charge in [-0.25, -0.2) is 0 Å². The van der Waals surface area contributed by atoms with Gasteiger partial charge in [0.2, 0.25) is 5.91 Å². The fraction of sp³-hybridized carbons (Fsp3) is 0.625. The van der Waals surface area contributed by atoms with E-state index in [1.165, 1.54) is 5.56 Å². The van der Waals surface area contributed by atoms with Crippen LogP contribution in [-0.4, -0.2) is 52.9 Å². The van der Waals surface area contributed by atoms with Gasteiger partial charge >= 0.3 is 0 Å². The van der Waals surface area contributed by atoms with Crippen molar-refractivity contribution < 1.29 is 4.79 Å². The summed E-state index contributed by atoms with van der Waals surface area (Å²) in [7, 11) is 0. The standard InChI is InChI=1S/C16H26N4O/c1-2-19(13-14-5-7-18-8-6-14)15(12-17)11-16(21)20-9-3-4-10-20/h5-8,15H,2-4,9-13,17H2,1H3. The maximum Gasteiger partial charge on any atom is 0.224 e. The number of amides is 1. The molecule has 0 radical (unpaired) electrons. The zero-order valence-electron chi connectivity index (χ0n) is 12.9. The highest BCUT2D eigenvalue weighted by atomic mass is 16.2. The quantitative estimate of drug-likeness (QED) is 0.821. The van der Waals surface area contributed by atoms with Gasteiger partial charge in [0.25, 0.3) is 0 Å². The minimum absolute atomic E-state index is 0.108. The fourth-order valence-corrected chi connectivity index (χ4v) is 2.88. The van der Waals surface area contributed by atoms with E-state index in [1.54, 1.807) is 12.4 Å². The molecule has 1 aromatic heterocycles. The first kappa shape index (κ1) is 15.9. The second-order valence-electron chi connectivity index (χ2n) is 5.60. The number of hydrogen-bond donors (Lipinski definition) is 1. The largest absolute Gasteiger partial charge is 0.343 e. The number of likely N-dealkylation sites (N-methyl/N-ethyl adjacent to an activating group) is 1. The predicted molar refractivity (Wildman–Crippen MR) is 83.6 cm³/mol. The number of likely N-dealkylation sites (tertiary alicyclic amines) is 1. The van der Waals surface area contributed by atoms with Crippen molar-refractivity contribution in [3.63, 3.8) is 0 Å². The molecule has 2 N–H and O–H groups in total. The van der Waals surface area contributed by atoms with Crippen LogP contribution in [0.2, 0.25) is 0 Å². The SMILES string of the molecule is CCN(Cc1ccncc1)C(CN)CC(=O)N1CCCC1. The molecule has 2 rings (SSSR count). The number of carbonyl (C=O) groups excluding carboxylic acids is 1. The van der Waals surface area contributed by atoms with E-state index in [2.05, 4.69) is 16.8 Å². The maximum atomic E-state index is 12.3. The molecule has 1 atom stereocenters. The van der Waals surface area contributed by atoms with Gasteiger partial charge in [0.05, 0.1) is 0 Å². The molecule has 0 bridgehead atoms. The summed E-state index contributed by atoms with van der Waals surface area (Å²) >= 11 is 0. The van der Waals surface area contributed by atoms with Crippen molar-refractivity contribution in [2.45, 2.75) is 38.8 Å². The first-order chi connectivity index (χ1) is 10.2. The molecule has 116 valence electrons. The van der Waals surface area contributed by atoms with Crippen LogP contribution in [0.3, 0.4) is 0 Å². The van der Waals surface area contributed by atoms with Crippen molar-refractivity contribution in [3.8, 4) is 0 Å².